The van der Waals surface area contributed by atoms with Crippen molar-refractivity contribution in [3.8, 4) is 0 Å². The Balaban J connectivity index is 1.26. The van der Waals surface area contributed by atoms with E-state index in [-0.39, 0.29) is 0 Å². The Kier molecular flexibility index (Phi) is 4.33. The lowest BCUT2D eigenvalue weighted by molar-refractivity contribution is -0.159. The zero-order valence-electron chi connectivity index (χ0n) is 14.1. The van der Waals surface area contributed by atoms with Crippen molar-refractivity contribution in [1.29, 1.82) is 0 Å². The molecule has 2 aliphatic carbocycles. The van der Waals surface area contributed by atoms with E-state index >= 15 is 0 Å². The standard InChI is InChI=1S/C18H28N2O2S/c1-2-12-7-16(12)18(22)19-9-13-8-14(10-19)20(13)17(21)11-23-15-5-3-4-6-15/h12-16H,2-11H2,1H3. The third-order valence-electron chi connectivity index (χ3n) is 6.30. The molecule has 5 rings (SSSR count). The first-order chi connectivity index (χ1) is 11.2. The van der Waals surface area contributed by atoms with Crippen LogP contribution in [0.2, 0.25) is 0 Å². The molecule has 5 aliphatic rings. The van der Waals surface area contributed by atoms with Gasteiger partial charge in [-0.15, -0.1) is 11.8 Å². The second-order valence-corrected chi connectivity index (χ2v) is 9.10. The first-order valence-corrected chi connectivity index (χ1v) is 10.4. The van der Waals surface area contributed by atoms with Gasteiger partial charge in [0.15, 0.2) is 0 Å². The predicted molar refractivity (Wildman–Crippen MR) is 92.2 cm³/mol. The SMILES string of the molecule is CCC1CC1C(=O)N1CC2CC(C1)N2C(=O)CSC1CCCC1. The average Bonchev–Trinajstić information content (AvgIpc) is 3.17. The predicted octanol–water partition coefficient (Wildman–Crippen LogP) is 2.52. The van der Waals surface area contributed by atoms with Crippen LogP contribution in [0.3, 0.4) is 0 Å². The van der Waals surface area contributed by atoms with E-state index in [9.17, 15) is 9.59 Å². The van der Waals surface area contributed by atoms with Crippen molar-refractivity contribution in [3.63, 3.8) is 0 Å². The van der Waals surface area contributed by atoms with Gasteiger partial charge in [-0.3, -0.25) is 9.59 Å². The summed E-state index contributed by atoms with van der Waals surface area (Å²) in [6.45, 7) is 3.73. The minimum atomic E-state index is 0.291. The number of carbonyl (C=O) groups is 2. The van der Waals surface area contributed by atoms with Gasteiger partial charge in [0.1, 0.15) is 0 Å². The number of nitrogens with zero attached hydrogens (tertiary/aromatic N) is 2. The molecule has 2 saturated carbocycles. The second kappa shape index (κ2) is 6.30. The molecule has 5 heteroatoms. The minimum absolute atomic E-state index is 0.291. The summed E-state index contributed by atoms with van der Waals surface area (Å²) in [5.41, 5.74) is 0. The molecule has 0 aromatic heterocycles. The molecule has 3 saturated heterocycles. The maximum atomic E-state index is 12.5. The molecule has 0 N–H and O–H groups in total. The Morgan fingerprint density at radius 2 is 1.78 bits per heavy atom. The van der Waals surface area contributed by atoms with Crippen LogP contribution in [-0.4, -0.2) is 57.8 Å². The molecule has 3 aliphatic heterocycles. The molecule has 0 spiro atoms. The number of hydrogen-bond acceptors (Lipinski definition) is 3. The minimum Gasteiger partial charge on any atom is -0.338 e. The van der Waals surface area contributed by atoms with Crippen LogP contribution in [0.15, 0.2) is 0 Å². The van der Waals surface area contributed by atoms with Crippen LogP contribution in [0.1, 0.15) is 51.9 Å². The molecule has 2 amide bonds. The van der Waals surface area contributed by atoms with E-state index in [1.165, 1.54) is 25.7 Å². The van der Waals surface area contributed by atoms with Crippen LogP contribution in [0.25, 0.3) is 0 Å². The molecule has 4 nitrogen and oxygen atoms in total. The monoisotopic (exact) mass is 336 g/mol. The van der Waals surface area contributed by atoms with Gasteiger partial charge in [-0.25, -0.2) is 0 Å². The summed E-state index contributed by atoms with van der Waals surface area (Å²) in [6.07, 6.45) is 8.54. The molecule has 3 heterocycles. The van der Waals surface area contributed by atoms with Crippen LogP contribution in [0.5, 0.6) is 0 Å². The molecule has 0 aromatic rings. The molecule has 4 atom stereocenters. The quantitative estimate of drug-likeness (QED) is 0.774. The van der Waals surface area contributed by atoms with Gasteiger partial charge < -0.3 is 9.80 Å². The Hall–Kier alpha value is -0.710. The van der Waals surface area contributed by atoms with Crippen molar-refractivity contribution in [2.45, 2.75) is 69.2 Å². The third kappa shape index (κ3) is 3.01. The molecule has 0 radical (unpaired) electrons. The van der Waals surface area contributed by atoms with E-state index < -0.39 is 0 Å². The van der Waals surface area contributed by atoms with Gasteiger partial charge in [0.25, 0.3) is 0 Å². The largest absolute Gasteiger partial charge is 0.338 e. The highest BCUT2D eigenvalue weighted by atomic mass is 32.2. The number of thioether (sulfide) groups is 1. The fourth-order valence-electron chi connectivity index (χ4n) is 4.75. The van der Waals surface area contributed by atoms with Crippen molar-refractivity contribution < 1.29 is 9.59 Å². The van der Waals surface area contributed by atoms with Crippen molar-refractivity contribution in [1.82, 2.24) is 9.80 Å². The zero-order chi connectivity index (χ0) is 16.0. The smallest absolute Gasteiger partial charge is 0.233 e. The van der Waals surface area contributed by atoms with Crippen molar-refractivity contribution in [2.24, 2.45) is 11.8 Å². The first-order valence-electron chi connectivity index (χ1n) is 9.39. The summed E-state index contributed by atoms with van der Waals surface area (Å²) in [6, 6.07) is 0.599. The van der Waals surface area contributed by atoms with Crippen LogP contribution in [0.4, 0.5) is 0 Å². The van der Waals surface area contributed by atoms with Gasteiger partial charge >= 0.3 is 0 Å². The van der Waals surface area contributed by atoms with E-state index in [2.05, 4.69) is 11.8 Å². The fraction of sp³-hybridized carbons (Fsp3) is 0.889. The first kappa shape index (κ1) is 15.8. The summed E-state index contributed by atoms with van der Waals surface area (Å²) in [5.74, 6) is 2.24. The summed E-state index contributed by atoms with van der Waals surface area (Å²) in [4.78, 5) is 29.2. The van der Waals surface area contributed by atoms with Crippen molar-refractivity contribution in [3.05, 3.63) is 0 Å². The van der Waals surface area contributed by atoms with Crippen LogP contribution in [-0.2, 0) is 9.59 Å². The lowest BCUT2D eigenvalue weighted by Gasteiger charge is -2.56. The number of amides is 2. The number of fused-ring (bicyclic) bond motifs is 2. The Morgan fingerprint density at radius 3 is 2.39 bits per heavy atom. The number of piperazine rings is 1. The van der Waals surface area contributed by atoms with Crippen LogP contribution >= 0.6 is 11.8 Å². The van der Waals surface area contributed by atoms with E-state index in [1.54, 1.807) is 0 Å². The van der Waals surface area contributed by atoms with Crippen molar-refractivity contribution >= 4 is 23.6 Å². The molecule has 23 heavy (non-hydrogen) atoms. The van der Waals surface area contributed by atoms with Gasteiger partial charge in [0.2, 0.25) is 11.8 Å². The highest BCUT2D eigenvalue weighted by Gasteiger charge is 2.51. The third-order valence-corrected chi connectivity index (χ3v) is 7.66. The number of rotatable bonds is 5. The summed E-state index contributed by atoms with van der Waals surface area (Å²) >= 11 is 1.86. The summed E-state index contributed by atoms with van der Waals surface area (Å²) < 4.78 is 0. The fourth-order valence-corrected chi connectivity index (χ4v) is 5.95. The van der Waals surface area contributed by atoms with Gasteiger partial charge in [-0.2, -0.15) is 0 Å². The maximum absolute atomic E-state index is 12.5. The van der Waals surface area contributed by atoms with Gasteiger partial charge in [-0.1, -0.05) is 26.2 Å². The average molecular weight is 337 g/mol. The van der Waals surface area contributed by atoms with E-state index in [4.69, 9.17) is 0 Å². The topological polar surface area (TPSA) is 40.6 Å². The molecule has 0 aromatic carbocycles. The molecule has 4 unspecified atom stereocenters. The maximum Gasteiger partial charge on any atom is 0.233 e. The van der Waals surface area contributed by atoms with Gasteiger partial charge in [0.05, 0.1) is 17.8 Å². The molecular formula is C18H28N2O2S. The lowest BCUT2D eigenvalue weighted by Crippen LogP contribution is -2.71. The van der Waals surface area contributed by atoms with Crippen LogP contribution < -0.4 is 0 Å². The molecule has 2 bridgehead atoms. The summed E-state index contributed by atoms with van der Waals surface area (Å²) in [7, 11) is 0. The zero-order valence-corrected chi connectivity index (χ0v) is 14.9. The normalized spacial score (nSPS) is 36.0. The van der Waals surface area contributed by atoms with Crippen molar-refractivity contribution in [2.75, 3.05) is 18.8 Å². The molecule has 128 valence electrons. The van der Waals surface area contributed by atoms with E-state index in [1.807, 2.05) is 16.7 Å². The number of carbonyl (C=O) groups excluding carboxylic acids is 2. The Morgan fingerprint density at radius 1 is 1.09 bits per heavy atom. The molecular weight excluding hydrogens is 308 g/mol. The lowest BCUT2D eigenvalue weighted by atomic mass is 9.87. The number of hydrogen-bond donors (Lipinski definition) is 0. The van der Waals surface area contributed by atoms with Crippen LogP contribution in [0, 0.1) is 11.8 Å². The highest BCUT2D eigenvalue weighted by molar-refractivity contribution is 8.00. The Bertz CT molecular complexity index is 479. The number of piperidine rings is 1. The molecule has 5 fully saturated rings. The summed E-state index contributed by atoms with van der Waals surface area (Å²) in [5, 5.41) is 0.707. The second-order valence-electron chi connectivity index (χ2n) is 7.82. The van der Waals surface area contributed by atoms with E-state index in [0.29, 0.717) is 46.7 Å². The van der Waals surface area contributed by atoms with E-state index in [0.717, 1.165) is 32.4 Å². The highest BCUT2D eigenvalue weighted by Crippen LogP contribution is 2.44. The van der Waals surface area contributed by atoms with Gasteiger partial charge in [0, 0.05) is 24.3 Å². The van der Waals surface area contributed by atoms with Gasteiger partial charge in [-0.05, 0) is 31.6 Å². The Labute approximate surface area is 143 Å².